The van der Waals surface area contributed by atoms with Crippen LogP contribution >= 0.6 is 0 Å². The molecule has 5 heteroatoms. The highest BCUT2D eigenvalue weighted by molar-refractivity contribution is 6.04. The van der Waals surface area contributed by atoms with Crippen LogP contribution in [-0.2, 0) is 0 Å². The minimum Gasteiger partial charge on any atom is -0.347 e. The average molecular weight is 365 g/mol. The minimum atomic E-state index is -0.338. The van der Waals surface area contributed by atoms with Gasteiger partial charge in [0, 0.05) is 12.2 Å². The fraction of sp³-hybridized carbons (Fsp3) is 0.318. The highest BCUT2D eigenvalue weighted by Gasteiger charge is 2.18. The van der Waals surface area contributed by atoms with E-state index in [1.54, 1.807) is 24.3 Å². The molecule has 0 saturated heterocycles. The number of para-hydroxylation sites is 1. The summed E-state index contributed by atoms with van der Waals surface area (Å²) in [7, 11) is 0. The summed E-state index contributed by atoms with van der Waals surface area (Å²) in [5, 5.41) is 5.68. The lowest BCUT2D eigenvalue weighted by atomic mass is 9.92. The predicted molar refractivity (Wildman–Crippen MR) is 109 cm³/mol. The van der Waals surface area contributed by atoms with E-state index in [-0.39, 0.29) is 35.0 Å². The molecule has 2 rings (SSSR count). The van der Waals surface area contributed by atoms with E-state index in [4.69, 9.17) is 0 Å². The third-order valence-corrected chi connectivity index (χ3v) is 4.23. The van der Waals surface area contributed by atoms with Crippen molar-refractivity contribution >= 4 is 17.5 Å². The minimum absolute atomic E-state index is 0.200. The molecule has 0 spiro atoms. The van der Waals surface area contributed by atoms with Gasteiger partial charge in [0.05, 0.1) is 0 Å². The number of carbonyl (C=O) groups excluding carboxylic acids is 2. The third-order valence-electron chi connectivity index (χ3n) is 4.23. The maximum atomic E-state index is 12.8. The molecule has 0 saturated carbocycles. The van der Waals surface area contributed by atoms with Crippen LogP contribution in [0.25, 0.3) is 0 Å². The molecule has 0 aliphatic rings. The van der Waals surface area contributed by atoms with Gasteiger partial charge in [-0.05, 0) is 35.1 Å². The first-order valence-corrected chi connectivity index (χ1v) is 9.15. The van der Waals surface area contributed by atoms with E-state index in [0.717, 1.165) is 16.8 Å². The van der Waals surface area contributed by atoms with Gasteiger partial charge in [0.1, 0.15) is 11.4 Å². The number of hydrogen-bond acceptors (Lipinski definition) is 3. The smallest absolute Gasteiger partial charge is 0.274 e. The van der Waals surface area contributed by atoms with E-state index >= 15 is 0 Å². The van der Waals surface area contributed by atoms with Gasteiger partial charge in [-0.3, -0.25) is 9.59 Å². The molecule has 2 aromatic rings. The number of nitrogens with zero attached hydrogens (tertiary/aromatic N) is 1. The quantitative estimate of drug-likeness (QED) is 0.710. The Balaban J connectivity index is 2.33. The molecule has 27 heavy (non-hydrogen) atoms. The molecule has 0 unspecified atom stereocenters. The SMILES string of the molecule is C=CCNC(=O)c1cccc(C(=O)Nc2c(C(C)C)cccc2C(C)C)n1. The Bertz CT molecular complexity index is 815. The summed E-state index contributed by atoms with van der Waals surface area (Å²) in [5.41, 5.74) is 3.39. The van der Waals surface area contributed by atoms with E-state index in [1.807, 2.05) is 18.2 Å². The van der Waals surface area contributed by atoms with E-state index < -0.39 is 0 Å². The van der Waals surface area contributed by atoms with Gasteiger partial charge in [0.2, 0.25) is 0 Å². The molecular weight excluding hydrogens is 338 g/mol. The molecule has 0 bridgehead atoms. The van der Waals surface area contributed by atoms with E-state index in [0.29, 0.717) is 6.54 Å². The summed E-state index contributed by atoms with van der Waals surface area (Å²) in [5.74, 6) is -0.135. The molecule has 0 aliphatic heterocycles. The molecule has 5 nitrogen and oxygen atoms in total. The van der Waals surface area contributed by atoms with Gasteiger partial charge in [-0.25, -0.2) is 4.98 Å². The number of benzene rings is 1. The van der Waals surface area contributed by atoms with Crippen molar-refractivity contribution in [3.63, 3.8) is 0 Å². The monoisotopic (exact) mass is 365 g/mol. The first kappa shape index (κ1) is 20.4. The maximum Gasteiger partial charge on any atom is 0.274 e. The van der Waals surface area contributed by atoms with Crippen LogP contribution in [0, 0.1) is 0 Å². The molecule has 0 radical (unpaired) electrons. The summed E-state index contributed by atoms with van der Waals surface area (Å²) >= 11 is 0. The summed E-state index contributed by atoms with van der Waals surface area (Å²) in [6.45, 7) is 12.3. The van der Waals surface area contributed by atoms with Crippen molar-refractivity contribution < 1.29 is 9.59 Å². The van der Waals surface area contributed by atoms with Gasteiger partial charge in [0.25, 0.3) is 11.8 Å². The second-order valence-electron chi connectivity index (χ2n) is 6.98. The van der Waals surface area contributed by atoms with Gasteiger partial charge in [-0.1, -0.05) is 58.0 Å². The van der Waals surface area contributed by atoms with Gasteiger partial charge >= 0.3 is 0 Å². The number of rotatable bonds is 7. The van der Waals surface area contributed by atoms with Crippen molar-refractivity contribution in [3.05, 3.63) is 71.6 Å². The van der Waals surface area contributed by atoms with Crippen molar-refractivity contribution in [2.45, 2.75) is 39.5 Å². The maximum absolute atomic E-state index is 12.8. The number of pyridine rings is 1. The van der Waals surface area contributed by atoms with Crippen molar-refractivity contribution in [3.8, 4) is 0 Å². The molecule has 0 aliphatic carbocycles. The van der Waals surface area contributed by atoms with Crippen molar-refractivity contribution in [2.24, 2.45) is 0 Å². The summed E-state index contributed by atoms with van der Waals surface area (Å²) in [6, 6.07) is 10.9. The molecule has 2 amide bonds. The van der Waals surface area contributed by atoms with Crippen LogP contribution in [0.1, 0.15) is 71.6 Å². The normalized spacial score (nSPS) is 10.7. The second-order valence-corrected chi connectivity index (χ2v) is 6.98. The van der Waals surface area contributed by atoms with Gasteiger partial charge in [0.15, 0.2) is 0 Å². The Morgan fingerprint density at radius 3 is 2.00 bits per heavy atom. The molecular formula is C22H27N3O2. The third kappa shape index (κ3) is 5.03. The molecule has 0 atom stereocenters. The predicted octanol–water partition coefficient (Wildman–Crippen LogP) is 4.50. The molecule has 0 fully saturated rings. The summed E-state index contributed by atoms with van der Waals surface area (Å²) in [6.07, 6.45) is 1.59. The average Bonchev–Trinajstić information content (AvgIpc) is 2.65. The zero-order valence-electron chi connectivity index (χ0n) is 16.4. The van der Waals surface area contributed by atoms with E-state index in [1.165, 1.54) is 0 Å². The fourth-order valence-electron chi connectivity index (χ4n) is 2.82. The topological polar surface area (TPSA) is 71.1 Å². The van der Waals surface area contributed by atoms with Crippen LogP contribution in [0.5, 0.6) is 0 Å². The van der Waals surface area contributed by atoms with Crippen LogP contribution in [0.2, 0.25) is 0 Å². The number of aromatic nitrogens is 1. The van der Waals surface area contributed by atoms with Crippen LogP contribution in [0.4, 0.5) is 5.69 Å². The number of carbonyl (C=O) groups is 2. The van der Waals surface area contributed by atoms with E-state index in [2.05, 4.69) is 49.9 Å². The van der Waals surface area contributed by atoms with Crippen LogP contribution in [0.15, 0.2) is 49.1 Å². The van der Waals surface area contributed by atoms with Gasteiger partial charge in [-0.15, -0.1) is 6.58 Å². The Kier molecular flexibility index (Phi) is 6.88. The molecule has 1 aromatic carbocycles. The molecule has 1 aromatic heterocycles. The van der Waals surface area contributed by atoms with Gasteiger partial charge < -0.3 is 10.6 Å². The molecule has 2 N–H and O–H groups in total. The van der Waals surface area contributed by atoms with Crippen LogP contribution in [-0.4, -0.2) is 23.3 Å². The Morgan fingerprint density at radius 2 is 1.48 bits per heavy atom. The van der Waals surface area contributed by atoms with Crippen molar-refractivity contribution in [1.29, 1.82) is 0 Å². The number of anilines is 1. The first-order chi connectivity index (χ1) is 12.8. The number of nitrogens with one attached hydrogen (secondary N) is 2. The van der Waals surface area contributed by atoms with Crippen molar-refractivity contribution in [1.82, 2.24) is 10.3 Å². The largest absolute Gasteiger partial charge is 0.347 e. The molecule has 1 heterocycles. The second kappa shape index (κ2) is 9.12. The van der Waals surface area contributed by atoms with Crippen molar-refractivity contribution in [2.75, 3.05) is 11.9 Å². The number of amides is 2. The van der Waals surface area contributed by atoms with Gasteiger partial charge in [-0.2, -0.15) is 0 Å². The first-order valence-electron chi connectivity index (χ1n) is 9.15. The lowest BCUT2D eigenvalue weighted by Gasteiger charge is -2.20. The zero-order valence-corrected chi connectivity index (χ0v) is 16.4. The Hall–Kier alpha value is -2.95. The Morgan fingerprint density at radius 1 is 0.963 bits per heavy atom. The fourth-order valence-corrected chi connectivity index (χ4v) is 2.82. The lowest BCUT2D eigenvalue weighted by Crippen LogP contribution is -2.25. The zero-order chi connectivity index (χ0) is 20.0. The summed E-state index contributed by atoms with van der Waals surface area (Å²) in [4.78, 5) is 29.1. The lowest BCUT2D eigenvalue weighted by molar-refractivity contribution is 0.0953. The molecule has 142 valence electrons. The van der Waals surface area contributed by atoms with Crippen LogP contribution < -0.4 is 10.6 Å². The highest BCUT2D eigenvalue weighted by Crippen LogP contribution is 2.32. The number of hydrogen-bond donors (Lipinski definition) is 2. The standard InChI is InChI=1S/C22H27N3O2/c1-6-13-23-21(26)18-11-8-12-19(24-18)22(27)25-20-16(14(2)3)9-7-10-17(20)15(4)5/h6-12,14-15H,1,13H2,2-5H3,(H,23,26)(H,25,27). The van der Waals surface area contributed by atoms with E-state index in [9.17, 15) is 9.59 Å². The Labute approximate surface area is 160 Å². The highest BCUT2D eigenvalue weighted by atomic mass is 16.2. The van der Waals surface area contributed by atoms with Crippen LogP contribution in [0.3, 0.4) is 0 Å². The summed E-state index contributed by atoms with van der Waals surface area (Å²) < 4.78 is 0.